The Bertz CT molecular complexity index is 385. The molecule has 0 aromatic heterocycles. The van der Waals surface area contributed by atoms with Crippen LogP contribution in [0.15, 0.2) is 17.3 Å². The van der Waals surface area contributed by atoms with E-state index >= 15 is 0 Å². The first kappa shape index (κ1) is 18.0. The van der Waals surface area contributed by atoms with E-state index in [9.17, 15) is 14.4 Å². The molecule has 0 atom stereocenters. The summed E-state index contributed by atoms with van der Waals surface area (Å²) in [5.41, 5.74) is 3.27. The third-order valence-electron chi connectivity index (χ3n) is 2.50. The van der Waals surface area contributed by atoms with Crippen molar-refractivity contribution in [1.82, 2.24) is 10.3 Å². The second-order valence-electron chi connectivity index (χ2n) is 4.66. The first-order chi connectivity index (χ1) is 9.47. The number of unbranched alkanes of at least 4 members (excludes halogenated alkanes) is 2. The number of nitrogens with one attached hydrogen (secondary N) is 1. The van der Waals surface area contributed by atoms with Crippen LogP contribution in [0.3, 0.4) is 0 Å². The summed E-state index contributed by atoms with van der Waals surface area (Å²) in [5.74, 6) is -0.285. The highest BCUT2D eigenvalue weighted by Gasteiger charge is 2.04. The van der Waals surface area contributed by atoms with Crippen molar-refractivity contribution in [2.24, 2.45) is 5.10 Å². The molecule has 0 rings (SSSR count). The lowest BCUT2D eigenvalue weighted by Gasteiger charge is -2.14. The number of aldehydes is 1. The molecule has 20 heavy (non-hydrogen) atoms. The molecule has 0 spiro atoms. The summed E-state index contributed by atoms with van der Waals surface area (Å²) in [4.78, 5) is 34.4. The van der Waals surface area contributed by atoms with E-state index in [-0.39, 0.29) is 11.8 Å². The standard InChI is InChI=1S/C14H23N3O3/c1-12(2)15-16-13(19)8-5-4-6-10-17(3)14(20)9-7-11-18/h7,9,11H,4-6,8,10H2,1-3H3,(H,16,19)/b9-7-. The van der Waals surface area contributed by atoms with E-state index in [0.29, 0.717) is 19.3 Å². The summed E-state index contributed by atoms with van der Waals surface area (Å²) in [6.45, 7) is 4.23. The lowest BCUT2D eigenvalue weighted by atomic mass is 10.2. The smallest absolute Gasteiger partial charge is 0.246 e. The third kappa shape index (κ3) is 9.99. The Morgan fingerprint density at radius 2 is 1.90 bits per heavy atom. The Kier molecular flexibility index (Phi) is 9.82. The summed E-state index contributed by atoms with van der Waals surface area (Å²) < 4.78 is 0. The molecule has 6 heteroatoms. The summed E-state index contributed by atoms with van der Waals surface area (Å²) >= 11 is 0. The van der Waals surface area contributed by atoms with E-state index in [2.05, 4.69) is 10.5 Å². The maximum atomic E-state index is 11.4. The van der Waals surface area contributed by atoms with E-state index in [1.165, 1.54) is 12.2 Å². The summed E-state index contributed by atoms with van der Waals surface area (Å²) in [5, 5.41) is 3.83. The van der Waals surface area contributed by atoms with Crippen LogP contribution in [0.25, 0.3) is 0 Å². The van der Waals surface area contributed by atoms with Gasteiger partial charge in [-0.05, 0) is 32.8 Å². The molecule has 0 aromatic rings. The van der Waals surface area contributed by atoms with Gasteiger partial charge >= 0.3 is 0 Å². The molecule has 2 amide bonds. The van der Waals surface area contributed by atoms with Crippen LogP contribution >= 0.6 is 0 Å². The van der Waals surface area contributed by atoms with E-state index < -0.39 is 0 Å². The van der Waals surface area contributed by atoms with Crippen molar-refractivity contribution >= 4 is 23.8 Å². The topological polar surface area (TPSA) is 78.8 Å². The molecule has 0 bridgehead atoms. The minimum Gasteiger partial charge on any atom is -0.342 e. The number of allylic oxidation sites excluding steroid dienone is 1. The van der Waals surface area contributed by atoms with Crippen LogP contribution in [-0.4, -0.2) is 42.3 Å². The molecule has 0 radical (unpaired) electrons. The monoisotopic (exact) mass is 281 g/mol. The largest absolute Gasteiger partial charge is 0.342 e. The minimum absolute atomic E-state index is 0.0930. The van der Waals surface area contributed by atoms with E-state index in [0.717, 1.165) is 25.0 Å². The van der Waals surface area contributed by atoms with Gasteiger partial charge in [0, 0.05) is 31.8 Å². The van der Waals surface area contributed by atoms with Crippen molar-refractivity contribution < 1.29 is 14.4 Å². The zero-order valence-corrected chi connectivity index (χ0v) is 12.4. The van der Waals surface area contributed by atoms with Crippen LogP contribution < -0.4 is 5.43 Å². The predicted octanol–water partition coefficient (Wildman–Crippen LogP) is 1.27. The molecule has 6 nitrogen and oxygen atoms in total. The predicted molar refractivity (Wildman–Crippen MR) is 78.2 cm³/mol. The third-order valence-corrected chi connectivity index (χ3v) is 2.50. The van der Waals surface area contributed by atoms with Gasteiger partial charge < -0.3 is 4.90 Å². The first-order valence-electron chi connectivity index (χ1n) is 6.64. The molecular weight excluding hydrogens is 258 g/mol. The van der Waals surface area contributed by atoms with Crippen molar-refractivity contribution in [2.75, 3.05) is 13.6 Å². The molecule has 0 aliphatic heterocycles. The Labute approximate surface area is 119 Å². The summed E-state index contributed by atoms with van der Waals surface area (Å²) in [6.07, 6.45) is 5.86. The van der Waals surface area contributed by atoms with Gasteiger partial charge in [-0.1, -0.05) is 6.42 Å². The fourth-order valence-electron chi connectivity index (χ4n) is 1.40. The summed E-state index contributed by atoms with van der Waals surface area (Å²) in [6, 6.07) is 0. The number of hydrogen-bond donors (Lipinski definition) is 1. The van der Waals surface area contributed by atoms with E-state index in [1.807, 2.05) is 13.8 Å². The van der Waals surface area contributed by atoms with Gasteiger partial charge in [-0.15, -0.1) is 0 Å². The van der Waals surface area contributed by atoms with Gasteiger partial charge in [-0.3, -0.25) is 14.4 Å². The summed E-state index contributed by atoms with van der Waals surface area (Å²) in [7, 11) is 1.68. The number of carbonyl (C=O) groups excluding carboxylic acids is 3. The van der Waals surface area contributed by atoms with Crippen LogP contribution in [-0.2, 0) is 14.4 Å². The zero-order chi connectivity index (χ0) is 15.4. The molecule has 0 saturated carbocycles. The SMILES string of the molecule is CC(C)=NNC(=O)CCCCCN(C)C(=O)/C=C\C=O. The van der Waals surface area contributed by atoms with Crippen LogP contribution in [0.5, 0.6) is 0 Å². The van der Waals surface area contributed by atoms with Crippen molar-refractivity contribution in [3.63, 3.8) is 0 Å². The van der Waals surface area contributed by atoms with E-state index in [1.54, 1.807) is 11.9 Å². The molecule has 1 N–H and O–H groups in total. The average Bonchev–Trinajstić information content (AvgIpc) is 2.41. The van der Waals surface area contributed by atoms with Crippen LogP contribution in [0.1, 0.15) is 39.5 Å². The molecule has 0 heterocycles. The molecule has 0 unspecified atom stereocenters. The molecule has 0 aromatic carbocycles. The minimum atomic E-state index is -0.192. The maximum absolute atomic E-state index is 11.4. The fourth-order valence-corrected chi connectivity index (χ4v) is 1.40. The van der Waals surface area contributed by atoms with Gasteiger partial charge in [0.05, 0.1) is 0 Å². The average molecular weight is 281 g/mol. The zero-order valence-electron chi connectivity index (χ0n) is 12.4. The quantitative estimate of drug-likeness (QED) is 0.227. The molecule has 0 saturated heterocycles. The Hall–Kier alpha value is -1.98. The normalized spacial score (nSPS) is 10.2. The Morgan fingerprint density at radius 1 is 1.20 bits per heavy atom. The van der Waals surface area contributed by atoms with Gasteiger partial charge in [-0.25, -0.2) is 5.43 Å². The van der Waals surface area contributed by atoms with Crippen LogP contribution in [0.4, 0.5) is 0 Å². The fraction of sp³-hybridized carbons (Fsp3) is 0.571. The number of rotatable bonds is 9. The van der Waals surface area contributed by atoms with Gasteiger partial charge in [0.15, 0.2) is 0 Å². The number of amides is 2. The molecule has 0 fully saturated rings. The number of carbonyl (C=O) groups is 3. The number of nitrogens with zero attached hydrogens (tertiary/aromatic N) is 2. The van der Waals surface area contributed by atoms with Gasteiger partial charge in [0.25, 0.3) is 0 Å². The molecule has 0 aliphatic rings. The van der Waals surface area contributed by atoms with E-state index in [4.69, 9.17) is 0 Å². The lowest BCUT2D eigenvalue weighted by Crippen LogP contribution is -2.26. The highest BCUT2D eigenvalue weighted by Crippen LogP contribution is 2.01. The Morgan fingerprint density at radius 3 is 2.50 bits per heavy atom. The van der Waals surface area contributed by atoms with Gasteiger partial charge in [-0.2, -0.15) is 5.10 Å². The van der Waals surface area contributed by atoms with Crippen molar-refractivity contribution in [3.05, 3.63) is 12.2 Å². The highest BCUT2D eigenvalue weighted by molar-refractivity contribution is 5.90. The lowest BCUT2D eigenvalue weighted by molar-refractivity contribution is -0.125. The number of hydrogen-bond acceptors (Lipinski definition) is 4. The molecular formula is C14H23N3O3. The van der Waals surface area contributed by atoms with Crippen molar-refractivity contribution in [2.45, 2.75) is 39.5 Å². The number of hydrazone groups is 1. The van der Waals surface area contributed by atoms with Crippen LogP contribution in [0.2, 0.25) is 0 Å². The first-order valence-corrected chi connectivity index (χ1v) is 6.64. The van der Waals surface area contributed by atoms with Gasteiger partial charge in [0.1, 0.15) is 6.29 Å². The molecule has 112 valence electrons. The van der Waals surface area contributed by atoms with Crippen molar-refractivity contribution in [1.29, 1.82) is 0 Å². The second-order valence-corrected chi connectivity index (χ2v) is 4.66. The maximum Gasteiger partial charge on any atom is 0.246 e. The van der Waals surface area contributed by atoms with Crippen molar-refractivity contribution in [3.8, 4) is 0 Å². The molecule has 0 aliphatic carbocycles. The Balaban J connectivity index is 3.69. The highest BCUT2D eigenvalue weighted by atomic mass is 16.2. The van der Waals surface area contributed by atoms with Gasteiger partial charge in [0.2, 0.25) is 11.8 Å². The number of likely N-dealkylation sites (N-methyl/N-ethyl adjacent to an activating group) is 1. The van der Waals surface area contributed by atoms with Crippen LogP contribution in [0, 0.1) is 0 Å². The second kappa shape index (κ2) is 10.9.